The number of rotatable bonds is 4. The third kappa shape index (κ3) is 3.35. The highest BCUT2D eigenvalue weighted by atomic mass is 32.1. The molecule has 1 atom stereocenters. The number of amides is 1. The van der Waals surface area contributed by atoms with Gasteiger partial charge < -0.3 is 9.88 Å². The lowest BCUT2D eigenvalue weighted by atomic mass is 10.1. The molecule has 6 heteroatoms. The normalized spacial score (nSPS) is 15.8. The first-order valence-electron chi connectivity index (χ1n) is 9.95. The van der Waals surface area contributed by atoms with Crippen LogP contribution in [0.1, 0.15) is 11.3 Å². The van der Waals surface area contributed by atoms with Gasteiger partial charge in [-0.05, 0) is 42.0 Å². The predicted octanol–water partition coefficient (Wildman–Crippen LogP) is 4.33. The fourth-order valence-corrected chi connectivity index (χ4v) is 4.34. The third-order valence-electron chi connectivity index (χ3n) is 5.52. The molecule has 150 valence electrons. The van der Waals surface area contributed by atoms with Crippen molar-refractivity contribution in [1.29, 1.82) is 5.26 Å². The first-order valence-corrected chi connectivity index (χ1v) is 10.4. The molecule has 2 heterocycles. The van der Waals surface area contributed by atoms with Crippen molar-refractivity contribution >= 4 is 39.7 Å². The zero-order valence-corrected chi connectivity index (χ0v) is 17.3. The zero-order chi connectivity index (χ0) is 21.4. The molecule has 0 saturated carbocycles. The van der Waals surface area contributed by atoms with Crippen LogP contribution >= 0.6 is 12.2 Å². The monoisotopic (exact) mass is 422 g/mol. The molecule has 0 spiro atoms. The minimum Gasteiger partial charge on any atom is -0.350 e. The summed E-state index contributed by atoms with van der Waals surface area (Å²) in [4.78, 5) is 14.6. The number of hydrogen-bond acceptors (Lipinski definition) is 3. The van der Waals surface area contributed by atoms with Gasteiger partial charge in [0.15, 0.2) is 5.11 Å². The lowest BCUT2D eigenvalue weighted by molar-refractivity contribution is -0.118. The van der Waals surface area contributed by atoms with Gasteiger partial charge in [0.05, 0.1) is 5.69 Å². The molecule has 0 bridgehead atoms. The Balaban J connectivity index is 1.42. The molecule has 1 aliphatic heterocycles. The molecule has 5 rings (SSSR count). The van der Waals surface area contributed by atoms with Crippen molar-refractivity contribution in [1.82, 2.24) is 9.88 Å². The summed E-state index contributed by atoms with van der Waals surface area (Å²) in [6.07, 6.45) is 2.53. The molecule has 0 unspecified atom stereocenters. The van der Waals surface area contributed by atoms with Gasteiger partial charge >= 0.3 is 0 Å². The van der Waals surface area contributed by atoms with Crippen LogP contribution in [0.15, 0.2) is 85.1 Å². The van der Waals surface area contributed by atoms with E-state index in [9.17, 15) is 10.1 Å². The second-order valence-electron chi connectivity index (χ2n) is 7.43. The summed E-state index contributed by atoms with van der Waals surface area (Å²) in [5.41, 5.74) is 3.22. The molecule has 1 amide bonds. The van der Waals surface area contributed by atoms with Gasteiger partial charge in [-0.3, -0.25) is 9.69 Å². The summed E-state index contributed by atoms with van der Waals surface area (Å²) in [5.74, 6) is -0.0639. The molecule has 5 nitrogen and oxygen atoms in total. The van der Waals surface area contributed by atoms with Crippen molar-refractivity contribution in [2.24, 2.45) is 0 Å². The number of fused-ring (bicyclic) bond motifs is 1. The molecule has 0 radical (unpaired) electrons. The Morgan fingerprint density at radius 3 is 2.35 bits per heavy atom. The molecule has 0 aliphatic carbocycles. The van der Waals surface area contributed by atoms with Crippen molar-refractivity contribution in [2.45, 2.75) is 12.5 Å². The Labute approximate surface area is 185 Å². The Bertz CT molecular complexity index is 1340. The van der Waals surface area contributed by atoms with E-state index >= 15 is 0 Å². The van der Waals surface area contributed by atoms with Crippen LogP contribution in [0.4, 0.5) is 5.69 Å². The number of thiocarbonyl (C=S) groups is 1. The summed E-state index contributed by atoms with van der Waals surface area (Å²) in [7, 11) is 0. The zero-order valence-electron chi connectivity index (χ0n) is 16.5. The quantitative estimate of drug-likeness (QED) is 0.497. The fraction of sp³-hybridized carbons (Fsp3) is 0.0800. The van der Waals surface area contributed by atoms with Crippen molar-refractivity contribution in [3.05, 3.63) is 96.3 Å². The lowest BCUT2D eigenvalue weighted by Gasteiger charge is -2.16. The highest BCUT2D eigenvalue weighted by Gasteiger charge is 2.36. The van der Waals surface area contributed by atoms with E-state index in [1.54, 1.807) is 4.90 Å². The molecule has 31 heavy (non-hydrogen) atoms. The van der Waals surface area contributed by atoms with Crippen LogP contribution in [0.5, 0.6) is 0 Å². The minimum absolute atomic E-state index is 0.0639. The number of nitrogens with zero attached hydrogens (tertiary/aromatic N) is 3. The average Bonchev–Trinajstić information content (AvgIpc) is 3.31. The minimum atomic E-state index is -0.380. The molecule has 4 aromatic rings. The fourth-order valence-electron chi connectivity index (χ4n) is 4.00. The van der Waals surface area contributed by atoms with Gasteiger partial charge in [0.25, 0.3) is 5.91 Å². The maximum Gasteiger partial charge on any atom is 0.256 e. The van der Waals surface area contributed by atoms with Crippen LogP contribution in [0.3, 0.4) is 0 Å². The number of carbonyl (C=O) groups is 1. The van der Waals surface area contributed by atoms with Crippen molar-refractivity contribution < 1.29 is 4.79 Å². The van der Waals surface area contributed by atoms with Crippen LogP contribution in [-0.2, 0) is 11.2 Å². The molecule has 3 aromatic carbocycles. The van der Waals surface area contributed by atoms with Gasteiger partial charge in [-0.15, -0.1) is 0 Å². The largest absolute Gasteiger partial charge is 0.350 e. The summed E-state index contributed by atoms with van der Waals surface area (Å²) in [5, 5.41) is 15.1. The molecule has 1 fully saturated rings. The lowest BCUT2D eigenvalue weighted by Crippen LogP contribution is -2.32. The number of nitrogens with one attached hydrogen (secondary N) is 1. The van der Waals surface area contributed by atoms with Crippen molar-refractivity contribution in [2.75, 3.05) is 4.90 Å². The predicted molar refractivity (Wildman–Crippen MR) is 125 cm³/mol. The Morgan fingerprint density at radius 2 is 1.61 bits per heavy atom. The molecule has 1 N–H and O–H groups in total. The SMILES string of the molecule is N#Cc1c2ccccc2cn1-c1ccc(N2C(=O)[C@H](Cc3ccccc3)NC2=S)cc1. The van der Waals surface area contributed by atoms with Crippen molar-refractivity contribution in [3.8, 4) is 11.8 Å². The number of benzene rings is 3. The van der Waals surface area contributed by atoms with E-state index in [0.29, 0.717) is 22.9 Å². The third-order valence-corrected chi connectivity index (χ3v) is 5.82. The molecule has 1 aliphatic rings. The number of hydrogen-bond donors (Lipinski definition) is 1. The number of anilines is 1. The van der Waals surface area contributed by atoms with Crippen LogP contribution in [0.2, 0.25) is 0 Å². The van der Waals surface area contributed by atoms with E-state index in [0.717, 1.165) is 22.0 Å². The first kappa shape index (κ1) is 19.0. The van der Waals surface area contributed by atoms with Gasteiger partial charge in [0, 0.05) is 29.1 Å². The van der Waals surface area contributed by atoms with Crippen LogP contribution in [0.25, 0.3) is 16.5 Å². The van der Waals surface area contributed by atoms with E-state index in [4.69, 9.17) is 12.2 Å². The number of nitriles is 1. The molecular formula is C25H18N4OS. The van der Waals surface area contributed by atoms with E-state index in [1.165, 1.54) is 0 Å². The maximum atomic E-state index is 13.0. The standard InChI is InChI=1S/C25H18N4OS/c26-15-23-21-9-5-4-8-18(21)16-28(23)19-10-12-20(13-11-19)29-24(30)22(27-25(29)31)14-17-6-2-1-3-7-17/h1-13,16,22H,14H2,(H,27,31)/t22-/m0/s1. The van der Waals surface area contributed by atoms with Gasteiger partial charge in [-0.25, -0.2) is 0 Å². The summed E-state index contributed by atoms with van der Waals surface area (Å²) in [6, 6.07) is 27.1. The van der Waals surface area contributed by atoms with E-state index < -0.39 is 0 Å². The van der Waals surface area contributed by atoms with E-state index in [-0.39, 0.29) is 11.9 Å². The topological polar surface area (TPSA) is 61.1 Å². The Morgan fingerprint density at radius 1 is 0.935 bits per heavy atom. The maximum absolute atomic E-state index is 13.0. The first-order chi connectivity index (χ1) is 15.2. The second-order valence-corrected chi connectivity index (χ2v) is 7.82. The summed E-state index contributed by atoms with van der Waals surface area (Å²) < 4.78 is 1.87. The highest BCUT2D eigenvalue weighted by molar-refractivity contribution is 7.80. The molecule has 1 aromatic heterocycles. The van der Waals surface area contributed by atoms with Crippen LogP contribution < -0.4 is 10.2 Å². The average molecular weight is 423 g/mol. The van der Waals surface area contributed by atoms with Gasteiger partial charge in [0.2, 0.25) is 0 Å². The van der Waals surface area contributed by atoms with Gasteiger partial charge in [0.1, 0.15) is 17.8 Å². The van der Waals surface area contributed by atoms with Crippen LogP contribution in [-0.4, -0.2) is 21.6 Å². The van der Waals surface area contributed by atoms with Crippen LogP contribution in [0, 0.1) is 11.3 Å². The summed E-state index contributed by atoms with van der Waals surface area (Å²) >= 11 is 5.45. The Kier molecular flexibility index (Phi) is 4.73. The van der Waals surface area contributed by atoms with Gasteiger partial charge in [-0.1, -0.05) is 54.6 Å². The van der Waals surface area contributed by atoms with Gasteiger partial charge in [-0.2, -0.15) is 5.26 Å². The smallest absolute Gasteiger partial charge is 0.256 e. The summed E-state index contributed by atoms with van der Waals surface area (Å²) in [6.45, 7) is 0. The number of aromatic nitrogens is 1. The molecular weight excluding hydrogens is 404 g/mol. The molecule has 1 saturated heterocycles. The van der Waals surface area contributed by atoms with Crippen molar-refractivity contribution in [3.63, 3.8) is 0 Å². The Hall–Kier alpha value is -3.95. The second kappa shape index (κ2) is 7.71. The van der Waals surface area contributed by atoms with E-state index in [2.05, 4.69) is 11.4 Å². The number of carbonyl (C=O) groups excluding carboxylic acids is 1. The highest BCUT2D eigenvalue weighted by Crippen LogP contribution is 2.27. The van der Waals surface area contributed by atoms with E-state index in [1.807, 2.05) is 89.6 Å².